The summed E-state index contributed by atoms with van der Waals surface area (Å²) >= 11 is 1.61. The summed E-state index contributed by atoms with van der Waals surface area (Å²) in [6.07, 6.45) is 5.75. The highest BCUT2D eigenvalue weighted by Crippen LogP contribution is 2.24. The first-order valence-corrected chi connectivity index (χ1v) is 9.14. The second-order valence-corrected chi connectivity index (χ2v) is 7.14. The zero-order valence-corrected chi connectivity index (χ0v) is 14.7. The Balaban J connectivity index is 1.47. The van der Waals surface area contributed by atoms with Crippen molar-refractivity contribution in [3.8, 4) is 11.5 Å². The standard InChI is InChI=1S/C17H18N6OS/c1-11-19-14(10-25-11)16-22-21-15-3-2-13(6-9-23(15)16)20-17(24)12-4-7-18-8-5-12/h4-5,7-8,10,13H,2-3,6,9H2,1H3,(H,20,24). The molecule has 1 amide bonds. The Morgan fingerprint density at radius 3 is 2.88 bits per heavy atom. The predicted molar refractivity (Wildman–Crippen MR) is 94.3 cm³/mol. The number of aromatic nitrogens is 5. The van der Waals surface area contributed by atoms with Gasteiger partial charge < -0.3 is 9.88 Å². The molecule has 0 aromatic carbocycles. The maximum absolute atomic E-state index is 12.3. The lowest BCUT2D eigenvalue weighted by atomic mass is 10.1. The number of aryl methyl sites for hydroxylation is 2. The lowest BCUT2D eigenvalue weighted by molar-refractivity contribution is 0.0933. The van der Waals surface area contributed by atoms with Crippen molar-refractivity contribution in [1.29, 1.82) is 0 Å². The van der Waals surface area contributed by atoms with Crippen LogP contribution < -0.4 is 5.32 Å². The summed E-state index contributed by atoms with van der Waals surface area (Å²) in [5, 5.41) is 14.8. The average Bonchev–Trinajstić information content (AvgIpc) is 3.18. The quantitative estimate of drug-likeness (QED) is 0.780. The SMILES string of the molecule is Cc1nc(-c2nnc3n2CCC(NC(=O)c2ccncc2)CC3)cs1. The number of nitrogens with one attached hydrogen (secondary N) is 1. The van der Waals surface area contributed by atoms with E-state index in [-0.39, 0.29) is 11.9 Å². The molecule has 0 fully saturated rings. The molecule has 3 aromatic rings. The fourth-order valence-electron chi connectivity index (χ4n) is 3.06. The topological polar surface area (TPSA) is 85.6 Å². The molecule has 128 valence electrons. The number of amides is 1. The van der Waals surface area contributed by atoms with Gasteiger partial charge in [-0.25, -0.2) is 4.98 Å². The van der Waals surface area contributed by atoms with Crippen LogP contribution in [-0.4, -0.2) is 36.7 Å². The summed E-state index contributed by atoms with van der Waals surface area (Å²) in [5.41, 5.74) is 1.51. The number of carbonyl (C=O) groups is 1. The minimum absolute atomic E-state index is 0.0552. The number of fused-ring (bicyclic) bond motifs is 1. The third-order valence-electron chi connectivity index (χ3n) is 4.37. The summed E-state index contributed by atoms with van der Waals surface area (Å²) in [5.74, 6) is 1.72. The van der Waals surface area contributed by atoms with Crippen LogP contribution in [0.1, 0.15) is 34.0 Å². The number of pyridine rings is 1. The Bertz CT molecular complexity index is 888. The molecule has 1 aliphatic rings. The number of rotatable bonds is 3. The Kier molecular flexibility index (Phi) is 4.27. The van der Waals surface area contributed by atoms with Gasteiger partial charge in [-0.2, -0.15) is 0 Å². The van der Waals surface area contributed by atoms with Gasteiger partial charge in [0.1, 0.15) is 11.5 Å². The van der Waals surface area contributed by atoms with E-state index in [1.807, 2.05) is 12.3 Å². The molecule has 0 saturated carbocycles. The van der Waals surface area contributed by atoms with Gasteiger partial charge >= 0.3 is 0 Å². The van der Waals surface area contributed by atoms with Crippen LogP contribution >= 0.6 is 11.3 Å². The minimum Gasteiger partial charge on any atom is -0.349 e. The maximum atomic E-state index is 12.3. The van der Waals surface area contributed by atoms with Crippen LogP contribution in [0.5, 0.6) is 0 Å². The Morgan fingerprint density at radius 2 is 2.12 bits per heavy atom. The van der Waals surface area contributed by atoms with E-state index in [9.17, 15) is 4.79 Å². The largest absolute Gasteiger partial charge is 0.349 e. The van der Waals surface area contributed by atoms with Gasteiger partial charge in [0, 0.05) is 42.3 Å². The lowest BCUT2D eigenvalue weighted by Crippen LogP contribution is -2.35. The monoisotopic (exact) mass is 354 g/mol. The molecule has 3 aromatic heterocycles. The number of hydrogen-bond acceptors (Lipinski definition) is 6. The smallest absolute Gasteiger partial charge is 0.251 e. The molecule has 1 atom stereocenters. The Morgan fingerprint density at radius 1 is 1.28 bits per heavy atom. The number of thiazole rings is 1. The van der Waals surface area contributed by atoms with Crippen molar-refractivity contribution in [2.45, 2.75) is 38.8 Å². The zero-order valence-electron chi connectivity index (χ0n) is 13.8. The fourth-order valence-corrected chi connectivity index (χ4v) is 3.65. The van der Waals surface area contributed by atoms with E-state index in [1.165, 1.54) is 0 Å². The Hall–Kier alpha value is -2.61. The van der Waals surface area contributed by atoms with Crippen molar-refractivity contribution in [2.75, 3.05) is 0 Å². The van der Waals surface area contributed by atoms with Crippen LogP contribution in [0.25, 0.3) is 11.5 Å². The van der Waals surface area contributed by atoms with Crippen LogP contribution in [0, 0.1) is 6.92 Å². The number of nitrogens with zero attached hydrogens (tertiary/aromatic N) is 5. The first kappa shape index (κ1) is 15.9. The van der Waals surface area contributed by atoms with E-state index in [2.05, 4.69) is 30.0 Å². The first-order valence-electron chi connectivity index (χ1n) is 8.26. The highest BCUT2D eigenvalue weighted by Gasteiger charge is 2.23. The third kappa shape index (κ3) is 3.30. The van der Waals surface area contributed by atoms with Crippen LogP contribution in [0.4, 0.5) is 0 Å². The second kappa shape index (κ2) is 6.72. The normalized spacial score (nSPS) is 16.9. The second-order valence-electron chi connectivity index (χ2n) is 6.08. The minimum atomic E-state index is -0.0552. The maximum Gasteiger partial charge on any atom is 0.251 e. The fraction of sp³-hybridized carbons (Fsp3) is 0.353. The van der Waals surface area contributed by atoms with E-state index in [1.54, 1.807) is 35.9 Å². The highest BCUT2D eigenvalue weighted by molar-refractivity contribution is 7.09. The van der Waals surface area contributed by atoms with Gasteiger partial charge in [0.2, 0.25) is 0 Å². The molecule has 1 aliphatic heterocycles. The molecular formula is C17H18N6OS. The molecule has 1 N–H and O–H groups in total. The molecule has 8 heteroatoms. The van der Waals surface area contributed by atoms with Gasteiger partial charge in [-0.05, 0) is 31.9 Å². The van der Waals surface area contributed by atoms with Gasteiger partial charge in [-0.1, -0.05) is 0 Å². The zero-order chi connectivity index (χ0) is 17.2. The van der Waals surface area contributed by atoms with E-state index < -0.39 is 0 Å². The van der Waals surface area contributed by atoms with Crippen molar-refractivity contribution in [3.63, 3.8) is 0 Å². The summed E-state index contributed by atoms with van der Waals surface area (Å²) in [6.45, 7) is 2.76. The molecule has 0 saturated heterocycles. The van der Waals surface area contributed by atoms with E-state index in [0.29, 0.717) is 5.56 Å². The molecule has 0 radical (unpaired) electrons. The van der Waals surface area contributed by atoms with E-state index >= 15 is 0 Å². The highest BCUT2D eigenvalue weighted by atomic mass is 32.1. The van der Waals surface area contributed by atoms with Gasteiger partial charge in [0.25, 0.3) is 5.91 Å². The van der Waals surface area contributed by atoms with Crippen molar-refractivity contribution in [3.05, 3.63) is 46.3 Å². The summed E-state index contributed by atoms with van der Waals surface area (Å²) in [7, 11) is 0. The van der Waals surface area contributed by atoms with Crippen molar-refractivity contribution in [2.24, 2.45) is 0 Å². The van der Waals surface area contributed by atoms with Gasteiger partial charge in [-0.3, -0.25) is 9.78 Å². The molecule has 25 heavy (non-hydrogen) atoms. The summed E-state index contributed by atoms with van der Waals surface area (Å²) in [4.78, 5) is 20.8. The van der Waals surface area contributed by atoms with Crippen molar-refractivity contribution < 1.29 is 4.79 Å². The molecule has 0 aliphatic carbocycles. The van der Waals surface area contributed by atoms with E-state index in [0.717, 1.165) is 48.2 Å². The summed E-state index contributed by atoms with van der Waals surface area (Å²) in [6, 6.07) is 3.57. The van der Waals surface area contributed by atoms with Gasteiger partial charge in [0.05, 0.1) is 5.01 Å². The van der Waals surface area contributed by atoms with E-state index in [4.69, 9.17) is 0 Å². The number of hydrogen-bond donors (Lipinski definition) is 1. The summed E-state index contributed by atoms with van der Waals surface area (Å²) < 4.78 is 2.13. The molecule has 0 spiro atoms. The molecule has 4 rings (SSSR count). The van der Waals surface area contributed by atoms with Crippen molar-refractivity contribution in [1.82, 2.24) is 30.0 Å². The van der Waals surface area contributed by atoms with Gasteiger partial charge in [0.15, 0.2) is 5.82 Å². The van der Waals surface area contributed by atoms with Crippen LogP contribution in [-0.2, 0) is 13.0 Å². The first-order chi connectivity index (χ1) is 12.2. The van der Waals surface area contributed by atoms with Crippen molar-refractivity contribution >= 4 is 17.2 Å². The van der Waals surface area contributed by atoms with Gasteiger partial charge in [-0.15, -0.1) is 21.5 Å². The predicted octanol–water partition coefficient (Wildman–Crippen LogP) is 2.24. The third-order valence-corrected chi connectivity index (χ3v) is 5.14. The molecule has 1 unspecified atom stereocenters. The molecule has 0 bridgehead atoms. The average molecular weight is 354 g/mol. The number of carbonyl (C=O) groups excluding carboxylic acids is 1. The van der Waals surface area contributed by atoms with Crippen LogP contribution in [0.3, 0.4) is 0 Å². The molecule has 7 nitrogen and oxygen atoms in total. The van der Waals surface area contributed by atoms with Crippen LogP contribution in [0.2, 0.25) is 0 Å². The van der Waals surface area contributed by atoms with Crippen LogP contribution in [0.15, 0.2) is 29.9 Å². The Labute approximate surface area is 149 Å². The molecular weight excluding hydrogens is 336 g/mol. The lowest BCUT2D eigenvalue weighted by Gasteiger charge is -2.16. The molecule has 4 heterocycles.